The van der Waals surface area contributed by atoms with Crippen molar-refractivity contribution in [3.63, 3.8) is 0 Å². The lowest BCUT2D eigenvalue weighted by Gasteiger charge is -2.01. The quantitative estimate of drug-likeness (QED) is 0.814. The van der Waals surface area contributed by atoms with E-state index in [0.717, 1.165) is 0 Å². The average molecular weight is 282 g/mol. The molecule has 0 saturated heterocycles. The summed E-state index contributed by atoms with van der Waals surface area (Å²) in [5, 5.41) is 8.67. The van der Waals surface area contributed by atoms with E-state index in [-0.39, 0.29) is 11.5 Å². The third-order valence-corrected chi connectivity index (χ3v) is 3.15. The standard InChI is InChI=1S/C14H15FO3S/c1-10(16)19-7-3-2-4-12-6-5-11(8-13(12)15)9-14(17)18/h2,4-6,8H,3,7,9H2,1H3,(H,17,18). The smallest absolute Gasteiger partial charge is 0.307 e. The fourth-order valence-electron chi connectivity index (χ4n) is 1.47. The summed E-state index contributed by atoms with van der Waals surface area (Å²) in [4.78, 5) is 21.2. The number of carbonyl (C=O) groups excluding carboxylic acids is 1. The van der Waals surface area contributed by atoms with E-state index in [0.29, 0.717) is 23.3 Å². The van der Waals surface area contributed by atoms with Crippen LogP contribution in [0.25, 0.3) is 6.08 Å². The van der Waals surface area contributed by atoms with Crippen molar-refractivity contribution >= 4 is 28.9 Å². The van der Waals surface area contributed by atoms with Crippen LogP contribution in [0.15, 0.2) is 24.3 Å². The minimum atomic E-state index is -0.982. The fourth-order valence-corrected chi connectivity index (χ4v) is 2.01. The molecule has 0 atom stereocenters. The molecule has 1 aromatic carbocycles. The highest BCUT2D eigenvalue weighted by Gasteiger charge is 2.04. The molecule has 0 aliphatic rings. The molecular formula is C14H15FO3S. The van der Waals surface area contributed by atoms with Gasteiger partial charge in [0.2, 0.25) is 0 Å². The summed E-state index contributed by atoms with van der Waals surface area (Å²) in [6.45, 7) is 1.51. The number of rotatable bonds is 6. The predicted octanol–water partition coefficient (Wildman–Crippen LogP) is 3.14. The van der Waals surface area contributed by atoms with Crippen molar-refractivity contribution in [3.05, 3.63) is 41.2 Å². The van der Waals surface area contributed by atoms with E-state index in [1.807, 2.05) is 0 Å². The summed E-state index contributed by atoms with van der Waals surface area (Å²) < 4.78 is 13.6. The van der Waals surface area contributed by atoms with Crippen molar-refractivity contribution in [2.75, 3.05) is 5.75 Å². The van der Waals surface area contributed by atoms with Crippen LogP contribution in [0.4, 0.5) is 4.39 Å². The fraction of sp³-hybridized carbons (Fsp3) is 0.286. The molecule has 1 rings (SSSR count). The monoisotopic (exact) mass is 282 g/mol. The Labute approximate surface area is 115 Å². The van der Waals surface area contributed by atoms with Gasteiger partial charge in [-0.1, -0.05) is 36.0 Å². The number of thioether (sulfide) groups is 1. The number of hydrogen-bond donors (Lipinski definition) is 1. The maximum atomic E-state index is 13.6. The number of halogens is 1. The van der Waals surface area contributed by atoms with Crippen molar-refractivity contribution < 1.29 is 19.1 Å². The Kier molecular flexibility index (Phi) is 6.29. The molecule has 0 aromatic heterocycles. The van der Waals surface area contributed by atoms with Crippen LogP contribution in [0, 0.1) is 5.82 Å². The third-order valence-electron chi connectivity index (χ3n) is 2.31. The Bertz CT molecular complexity index is 497. The molecular weight excluding hydrogens is 267 g/mol. The van der Waals surface area contributed by atoms with Crippen LogP contribution in [0.3, 0.4) is 0 Å². The van der Waals surface area contributed by atoms with E-state index >= 15 is 0 Å². The van der Waals surface area contributed by atoms with Crippen LogP contribution in [0.5, 0.6) is 0 Å². The molecule has 0 amide bonds. The number of hydrogen-bond acceptors (Lipinski definition) is 3. The van der Waals surface area contributed by atoms with Gasteiger partial charge in [0.25, 0.3) is 0 Å². The highest BCUT2D eigenvalue weighted by Crippen LogP contribution is 2.14. The van der Waals surface area contributed by atoms with Gasteiger partial charge in [0.15, 0.2) is 5.12 Å². The van der Waals surface area contributed by atoms with Crippen LogP contribution >= 0.6 is 11.8 Å². The molecule has 3 nitrogen and oxygen atoms in total. The first kappa shape index (κ1) is 15.4. The predicted molar refractivity (Wildman–Crippen MR) is 74.5 cm³/mol. The summed E-state index contributed by atoms with van der Waals surface area (Å²) in [5.74, 6) is -0.747. The highest BCUT2D eigenvalue weighted by atomic mass is 32.2. The molecule has 0 saturated carbocycles. The minimum absolute atomic E-state index is 0.0672. The largest absolute Gasteiger partial charge is 0.481 e. The zero-order valence-electron chi connectivity index (χ0n) is 10.6. The van der Waals surface area contributed by atoms with Gasteiger partial charge in [-0.2, -0.15) is 0 Å². The van der Waals surface area contributed by atoms with E-state index < -0.39 is 11.8 Å². The van der Waals surface area contributed by atoms with E-state index in [2.05, 4.69) is 0 Å². The molecule has 0 unspecified atom stereocenters. The number of benzene rings is 1. The maximum absolute atomic E-state index is 13.6. The van der Waals surface area contributed by atoms with E-state index in [1.54, 1.807) is 24.3 Å². The summed E-state index contributed by atoms with van der Waals surface area (Å²) in [6, 6.07) is 4.39. The molecule has 1 aromatic rings. The zero-order valence-corrected chi connectivity index (χ0v) is 11.4. The summed E-state index contributed by atoms with van der Waals surface area (Å²) in [6.07, 6.45) is 3.93. The maximum Gasteiger partial charge on any atom is 0.307 e. The van der Waals surface area contributed by atoms with Crippen molar-refractivity contribution in [1.29, 1.82) is 0 Å². The zero-order chi connectivity index (χ0) is 14.3. The number of aliphatic carboxylic acids is 1. The van der Waals surface area contributed by atoms with Crippen molar-refractivity contribution in [1.82, 2.24) is 0 Å². The number of carboxylic acids is 1. The van der Waals surface area contributed by atoms with Gasteiger partial charge < -0.3 is 5.11 Å². The van der Waals surface area contributed by atoms with Crippen molar-refractivity contribution in [3.8, 4) is 0 Å². The van der Waals surface area contributed by atoms with Gasteiger partial charge in [-0.05, 0) is 18.1 Å². The first-order chi connectivity index (χ1) is 8.99. The number of allylic oxidation sites excluding steroid dienone is 1. The van der Waals surface area contributed by atoms with Crippen LogP contribution < -0.4 is 0 Å². The highest BCUT2D eigenvalue weighted by molar-refractivity contribution is 8.13. The molecule has 0 fully saturated rings. The molecule has 102 valence electrons. The lowest BCUT2D eigenvalue weighted by molar-refractivity contribution is -0.136. The molecule has 1 N–H and O–H groups in total. The summed E-state index contributed by atoms with van der Waals surface area (Å²) in [5.41, 5.74) is 0.858. The van der Waals surface area contributed by atoms with Gasteiger partial charge in [-0.15, -0.1) is 0 Å². The second kappa shape index (κ2) is 7.74. The van der Waals surface area contributed by atoms with Crippen LogP contribution in [0.1, 0.15) is 24.5 Å². The van der Waals surface area contributed by atoms with Gasteiger partial charge in [-0.25, -0.2) is 4.39 Å². The second-order valence-electron chi connectivity index (χ2n) is 3.96. The van der Waals surface area contributed by atoms with Gasteiger partial charge in [0, 0.05) is 18.2 Å². The molecule has 0 aliphatic heterocycles. The Morgan fingerprint density at radius 3 is 2.74 bits per heavy atom. The third kappa shape index (κ3) is 6.20. The Hall–Kier alpha value is -1.62. The SMILES string of the molecule is CC(=O)SCCC=Cc1ccc(CC(=O)O)cc1F. The average Bonchev–Trinajstić information content (AvgIpc) is 2.30. The lowest BCUT2D eigenvalue weighted by Crippen LogP contribution is -2.00. The van der Waals surface area contributed by atoms with Crippen LogP contribution in [-0.2, 0) is 16.0 Å². The van der Waals surface area contributed by atoms with E-state index in [9.17, 15) is 14.0 Å². The summed E-state index contributed by atoms with van der Waals surface area (Å²) >= 11 is 1.23. The van der Waals surface area contributed by atoms with Gasteiger partial charge in [0.1, 0.15) is 5.82 Å². The minimum Gasteiger partial charge on any atom is -0.481 e. The number of carboxylic acid groups (broad SMARTS) is 1. The van der Waals surface area contributed by atoms with Crippen LogP contribution in [-0.4, -0.2) is 21.9 Å². The van der Waals surface area contributed by atoms with Gasteiger partial charge >= 0.3 is 5.97 Å². The molecule has 5 heteroatoms. The Balaban J connectivity index is 2.57. The molecule has 0 spiro atoms. The molecule has 19 heavy (non-hydrogen) atoms. The van der Waals surface area contributed by atoms with Crippen molar-refractivity contribution in [2.24, 2.45) is 0 Å². The van der Waals surface area contributed by atoms with Crippen molar-refractivity contribution in [2.45, 2.75) is 19.8 Å². The first-order valence-electron chi connectivity index (χ1n) is 5.79. The van der Waals surface area contributed by atoms with Gasteiger partial charge in [-0.3, -0.25) is 9.59 Å². The first-order valence-corrected chi connectivity index (χ1v) is 6.77. The second-order valence-corrected chi connectivity index (χ2v) is 5.23. The molecule has 0 aliphatic carbocycles. The summed E-state index contributed by atoms with van der Waals surface area (Å²) in [7, 11) is 0. The van der Waals surface area contributed by atoms with Gasteiger partial charge in [0.05, 0.1) is 6.42 Å². The molecule has 0 bridgehead atoms. The molecule has 0 heterocycles. The normalized spacial score (nSPS) is 10.8. The van der Waals surface area contributed by atoms with Crippen LogP contribution in [0.2, 0.25) is 0 Å². The Morgan fingerprint density at radius 1 is 1.42 bits per heavy atom. The topological polar surface area (TPSA) is 54.4 Å². The number of carbonyl (C=O) groups is 2. The molecule has 0 radical (unpaired) electrons. The van der Waals surface area contributed by atoms with E-state index in [4.69, 9.17) is 5.11 Å². The Morgan fingerprint density at radius 2 is 2.16 bits per heavy atom. The van der Waals surface area contributed by atoms with E-state index in [1.165, 1.54) is 24.8 Å². The lowest BCUT2D eigenvalue weighted by atomic mass is 10.1.